The maximum absolute atomic E-state index is 10.1. The first-order chi connectivity index (χ1) is 12.2. The largest absolute Gasteiger partial charge is 0.497 e. The van der Waals surface area contributed by atoms with Crippen molar-refractivity contribution in [2.75, 3.05) is 26.8 Å². The van der Waals surface area contributed by atoms with Crippen LogP contribution in [0.4, 0.5) is 0 Å². The predicted molar refractivity (Wildman–Crippen MR) is 94.6 cm³/mol. The molecule has 0 unspecified atom stereocenters. The molecule has 1 N–H and O–H groups in total. The van der Waals surface area contributed by atoms with E-state index in [0.717, 1.165) is 11.3 Å². The Morgan fingerprint density at radius 2 is 2.00 bits per heavy atom. The molecule has 0 radical (unpaired) electrons. The van der Waals surface area contributed by atoms with Gasteiger partial charge in [-0.2, -0.15) is 5.26 Å². The van der Waals surface area contributed by atoms with E-state index in [1.807, 2.05) is 30.3 Å². The summed E-state index contributed by atoms with van der Waals surface area (Å²) in [7, 11) is 1.66. The SMILES string of the molecule is COc1cccc([C@H]2C[C@@H](O)CN2CCOc2cccc(C#N)c2)c1. The van der Waals surface area contributed by atoms with Gasteiger partial charge in [0.05, 0.1) is 24.8 Å². The first-order valence-electron chi connectivity index (χ1n) is 8.38. The van der Waals surface area contributed by atoms with Crippen LogP contribution in [-0.2, 0) is 0 Å². The molecule has 2 atom stereocenters. The van der Waals surface area contributed by atoms with E-state index in [0.29, 0.717) is 37.4 Å². The molecule has 25 heavy (non-hydrogen) atoms. The fourth-order valence-electron chi connectivity index (χ4n) is 3.26. The van der Waals surface area contributed by atoms with E-state index in [2.05, 4.69) is 17.0 Å². The lowest BCUT2D eigenvalue weighted by molar-refractivity contribution is 0.162. The molecule has 0 aromatic heterocycles. The average molecular weight is 338 g/mol. The molecule has 1 saturated heterocycles. The van der Waals surface area contributed by atoms with Crippen LogP contribution in [0.5, 0.6) is 11.5 Å². The second-order valence-corrected chi connectivity index (χ2v) is 6.16. The summed E-state index contributed by atoms with van der Waals surface area (Å²) in [5.41, 5.74) is 1.73. The second kappa shape index (κ2) is 8.02. The highest BCUT2D eigenvalue weighted by Gasteiger charge is 2.31. The number of nitriles is 1. The van der Waals surface area contributed by atoms with Crippen LogP contribution >= 0.6 is 0 Å². The zero-order valence-electron chi connectivity index (χ0n) is 14.3. The molecule has 2 aromatic carbocycles. The molecule has 1 fully saturated rings. The standard InChI is InChI=1S/C20H22N2O3/c1-24-18-6-3-5-16(11-18)20-12-17(23)14-22(20)8-9-25-19-7-2-4-15(10-19)13-21/h2-7,10-11,17,20,23H,8-9,12,14H2,1H3/t17-,20-/m1/s1. The van der Waals surface area contributed by atoms with Gasteiger partial charge in [-0.1, -0.05) is 18.2 Å². The minimum Gasteiger partial charge on any atom is -0.497 e. The Balaban J connectivity index is 1.62. The molecule has 0 saturated carbocycles. The lowest BCUT2D eigenvalue weighted by Crippen LogP contribution is -2.29. The van der Waals surface area contributed by atoms with Gasteiger partial charge >= 0.3 is 0 Å². The van der Waals surface area contributed by atoms with E-state index >= 15 is 0 Å². The van der Waals surface area contributed by atoms with Crippen LogP contribution in [0.2, 0.25) is 0 Å². The molecule has 1 aliphatic rings. The van der Waals surface area contributed by atoms with E-state index in [1.165, 1.54) is 0 Å². The number of ether oxygens (including phenoxy) is 2. The number of methoxy groups -OCH3 is 1. The summed E-state index contributed by atoms with van der Waals surface area (Å²) in [6, 6.07) is 17.4. The Hall–Kier alpha value is -2.55. The van der Waals surface area contributed by atoms with Gasteiger partial charge < -0.3 is 14.6 Å². The third-order valence-electron chi connectivity index (χ3n) is 4.47. The molecule has 5 nitrogen and oxygen atoms in total. The Morgan fingerprint density at radius 1 is 1.20 bits per heavy atom. The quantitative estimate of drug-likeness (QED) is 0.877. The highest BCUT2D eigenvalue weighted by atomic mass is 16.5. The van der Waals surface area contributed by atoms with E-state index in [4.69, 9.17) is 14.7 Å². The average Bonchev–Trinajstić information content (AvgIpc) is 3.02. The Bertz CT molecular complexity index is 757. The maximum atomic E-state index is 10.1. The third-order valence-corrected chi connectivity index (χ3v) is 4.47. The van der Waals surface area contributed by atoms with Crippen LogP contribution in [0.1, 0.15) is 23.6 Å². The number of rotatable bonds is 6. The van der Waals surface area contributed by atoms with Gasteiger partial charge in [-0.3, -0.25) is 4.90 Å². The minimum atomic E-state index is -0.335. The molecule has 2 aromatic rings. The lowest BCUT2D eigenvalue weighted by atomic mass is 10.0. The fraction of sp³-hybridized carbons (Fsp3) is 0.350. The molecule has 3 rings (SSSR count). The van der Waals surface area contributed by atoms with Crippen LogP contribution in [0.25, 0.3) is 0 Å². The fourth-order valence-corrected chi connectivity index (χ4v) is 3.26. The first kappa shape index (κ1) is 17.3. The van der Waals surface area contributed by atoms with Gasteiger partial charge in [0, 0.05) is 19.1 Å². The van der Waals surface area contributed by atoms with Gasteiger partial charge in [-0.05, 0) is 42.3 Å². The van der Waals surface area contributed by atoms with Gasteiger partial charge in [0.2, 0.25) is 0 Å². The van der Waals surface area contributed by atoms with Crippen LogP contribution in [0, 0.1) is 11.3 Å². The molecule has 130 valence electrons. The van der Waals surface area contributed by atoms with Crippen LogP contribution in [0.3, 0.4) is 0 Å². The summed E-state index contributed by atoms with van der Waals surface area (Å²) in [4.78, 5) is 2.23. The minimum absolute atomic E-state index is 0.152. The van der Waals surface area contributed by atoms with Crippen LogP contribution in [0.15, 0.2) is 48.5 Å². The van der Waals surface area contributed by atoms with Gasteiger partial charge in [-0.25, -0.2) is 0 Å². The van der Waals surface area contributed by atoms with Gasteiger partial charge in [0.25, 0.3) is 0 Å². The Morgan fingerprint density at radius 3 is 2.80 bits per heavy atom. The number of hydrogen-bond donors (Lipinski definition) is 1. The van der Waals surface area contributed by atoms with Crippen molar-refractivity contribution < 1.29 is 14.6 Å². The molecule has 0 bridgehead atoms. The van der Waals surface area contributed by atoms with E-state index < -0.39 is 0 Å². The Kier molecular flexibility index (Phi) is 5.54. The molecule has 5 heteroatoms. The summed E-state index contributed by atoms with van der Waals surface area (Å²) in [6.45, 7) is 1.83. The summed E-state index contributed by atoms with van der Waals surface area (Å²) in [5, 5.41) is 19.0. The summed E-state index contributed by atoms with van der Waals surface area (Å²) in [5.74, 6) is 1.51. The summed E-state index contributed by atoms with van der Waals surface area (Å²) < 4.78 is 11.1. The van der Waals surface area contributed by atoms with Gasteiger partial charge in [0.1, 0.15) is 18.1 Å². The summed E-state index contributed by atoms with van der Waals surface area (Å²) in [6.07, 6.45) is 0.370. The van der Waals surface area contributed by atoms with Crippen molar-refractivity contribution in [3.8, 4) is 17.6 Å². The van der Waals surface area contributed by atoms with E-state index in [9.17, 15) is 5.11 Å². The monoisotopic (exact) mass is 338 g/mol. The van der Waals surface area contributed by atoms with Crippen molar-refractivity contribution in [2.24, 2.45) is 0 Å². The third kappa shape index (κ3) is 4.30. The molecule has 1 aliphatic heterocycles. The topological polar surface area (TPSA) is 65.7 Å². The first-order valence-corrected chi connectivity index (χ1v) is 8.38. The van der Waals surface area contributed by atoms with Gasteiger partial charge in [-0.15, -0.1) is 0 Å². The number of aliphatic hydroxyl groups is 1. The Labute approximate surface area is 148 Å². The van der Waals surface area contributed by atoms with Crippen molar-refractivity contribution >= 4 is 0 Å². The van der Waals surface area contributed by atoms with Crippen molar-refractivity contribution in [3.05, 3.63) is 59.7 Å². The number of β-amino-alcohol motifs (C(OH)–C–C–N with tert-alkyl or cyclic N) is 1. The lowest BCUT2D eigenvalue weighted by Gasteiger charge is -2.24. The molecular formula is C20H22N2O3. The number of aliphatic hydroxyl groups excluding tert-OH is 1. The predicted octanol–water partition coefficient (Wildman–Crippen LogP) is 2.75. The maximum Gasteiger partial charge on any atom is 0.120 e. The molecular weight excluding hydrogens is 316 g/mol. The second-order valence-electron chi connectivity index (χ2n) is 6.16. The molecule has 0 spiro atoms. The van der Waals surface area contributed by atoms with Crippen LogP contribution < -0.4 is 9.47 Å². The number of nitrogens with zero attached hydrogens (tertiary/aromatic N) is 2. The zero-order valence-corrected chi connectivity index (χ0v) is 14.3. The van der Waals surface area contributed by atoms with Crippen molar-refractivity contribution in [1.29, 1.82) is 5.26 Å². The van der Waals surface area contributed by atoms with Crippen molar-refractivity contribution in [2.45, 2.75) is 18.6 Å². The molecule has 0 aliphatic carbocycles. The molecule has 0 amide bonds. The van der Waals surface area contributed by atoms with E-state index in [1.54, 1.807) is 19.2 Å². The highest BCUT2D eigenvalue weighted by molar-refractivity contribution is 5.36. The van der Waals surface area contributed by atoms with E-state index in [-0.39, 0.29) is 12.1 Å². The van der Waals surface area contributed by atoms with Crippen LogP contribution in [-0.4, -0.2) is 42.9 Å². The highest BCUT2D eigenvalue weighted by Crippen LogP contribution is 2.33. The molecule has 1 heterocycles. The number of likely N-dealkylation sites (tertiary alicyclic amines) is 1. The van der Waals surface area contributed by atoms with Crippen molar-refractivity contribution in [3.63, 3.8) is 0 Å². The smallest absolute Gasteiger partial charge is 0.120 e. The number of hydrogen-bond acceptors (Lipinski definition) is 5. The van der Waals surface area contributed by atoms with Gasteiger partial charge in [0.15, 0.2) is 0 Å². The zero-order chi connectivity index (χ0) is 17.6. The van der Waals surface area contributed by atoms with Crippen molar-refractivity contribution in [1.82, 2.24) is 4.90 Å². The number of benzene rings is 2. The normalized spacial score (nSPS) is 20.2. The summed E-state index contributed by atoms with van der Waals surface area (Å²) >= 11 is 0.